The molecular weight excluding hydrogens is 528 g/mol. The van der Waals surface area contributed by atoms with E-state index >= 15 is 0 Å². The summed E-state index contributed by atoms with van der Waals surface area (Å²) in [7, 11) is 4.53. The van der Waals surface area contributed by atoms with Crippen LogP contribution in [0.1, 0.15) is 57.4 Å². The Bertz CT molecular complexity index is 1350. The number of rotatable bonds is 13. The Morgan fingerprint density at radius 2 is 1.61 bits per heavy atom. The molecule has 0 aliphatic heterocycles. The molecule has 0 unspecified atom stereocenters. The summed E-state index contributed by atoms with van der Waals surface area (Å²) in [4.78, 5) is 42.1. The molecule has 0 spiro atoms. The zero-order valence-electron chi connectivity index (χ0n) is 24.6. The van der Waals surface area contributed by atoms with Crippen molar-refractivity contribution in [3.05, 3.63) is 59.9 Å². The smallest absolute Gasteiger partial charge is 0.248 e. The van der Waals surface area contributed by atoms with Crippen molar-refractivity contribution in [3.63, 3.8) is 0 Å². The van der Waals surface area contributed by atoms with E-state index in [2.05, 4.69) is 15.8 Å². The molecule has 0 aliphatic rings. The maximum atomic E-state index is 14.1. The SMILES string of the molecule is CCC(C)(C)NC(=O)[C@H](c1ccc(OC)cc1)N(C(=O)CCC(=O)Nc1cc(C)on1)c1cc(OC)ccc1OC. The number of nitrogens with one attached hydrogen (secondary N) is 2. The van der Waals surface area contributed by atoms with Gasteiger partial charge in [0.1, 0.15) is 29.1 Å². The number of carbonyl (C=O) groups excluding carboxylic acids is 3. The number of anilines is 2. The quantitative estimate of drug-likeness (QED) is 0.301. The lowest BCUT2D eigenvalue weighted by molar-refractivity contribution is -0.128. The predicted molar refractivity (Wildman–Crippen MR) is 154 cm³/mol. The molecule has 1 aromatic heterocycles. The first kappa shape index (κ1) is 31.0. The molecule has 3 amide bonds. The number of methoxy groups -OCH3 is 3. The van der Waals surface area contributed by atoms with E-state index in [0.717, 1.165) is 0 Å². The normalized spacial score (nSPS) is 11.8. The number of aromatic nitrogens is 1. The summed E-state index contributed by atoms with van der Waals surface area (Å²) in [5, 5.41) is 9.45. The fourth-order valence-corrected chi connectivity index (χ4v) is 4.07. The third-order valence-corrected chi connectivity index (χ3v) is 6.66. The number of carbonyl (C=O) groups is 3. The lowest BCUT2D eigenvalue weighted by atomic mass is 9.97. The molecule has 1 atom stereocenters. The van der Waals surface area contributed by atoms with Gasteiger partial charge in [0, 0.05) is 30.5 Å². The van der Waals surface area contributed by atoms with E-state index in [0.29, 0.717) is 40.7 Å². The summed E-state index contributed by atoms with van der Waals surface area (Å²) in [6.45, 7) is 7.48. The Hall–Kier alpha value is -4.54. The summed E-state index contributed by atoms with van der Waals surface area (Å²) < 4.78 is 21.3. The lowest BCUT2D eigenvalue weighted by Gasteiger charge is -2.35. The fraction of sp³-hybridized carbons (Fsp3) is 0.400. The molecule has 41 heavy (non-hydrogen) atoms. The number of nitrogens with zero attached hydrogens (tertiary/aromatic N) is 2. The van der Waals surface area contributed by atoms with Crippen molar-refractivity contribution in [1.29, 1.82) is 0 Å². The number of hydrogen-bond donors (Lipinski definition) is 2. The fourth-order valence-electron chi connectivity index (χ4n) is 4.07. The van der Waals surface area contributed by atoms with Crippen LogP contribution in [0.4, 0.5) is 11.5 Å². The first-order valence-corrected chi connectivity index (χ1v) is 13.2. The third-order valence-electron chi connectivity index (χ3n) is 6.66. The highest BCUT2D eigenvalue weighted by molar-refractivity contribution is 6.04. The van der Waals surface area contributed by atoms with Crippen LogP contribution in [0, 0.1) is 6.92 Å². The monoisotopic (exact) mass is 566 g/mol. The highest BCUT2D eigenvalue weighted by Crippen LogP contribution is 2.39. The van der Waals surface area contributed by atoms with Gasteiger partial charge in [0.05, 0.1) is 27.0 Å². The summed E-state index contributed by atoms with van der Waals surface area (Å²) in [6, 6.07) is 12.4. The molecule has 0 bridgehead atoms. The van der Waals surface area contributed by atoms with Crippen molar-refractivity contribution in [1.82, 2.24) is 10.5 Å². The Morgan fingerprint density at radius 1 is 0.951 bits per heavy atom. The molecule has 220 valence electrons. The van der Waals surface area contributed by atoms with Gasteiger partial charge < -0.3 is 29.4 Å². The minimum atomic E-state index is -1.11. The van der Waals surface area contributed by atoms with Gasteiger partial charge in [-0.05, 0) is 57.0 Å². The molecule has 0 saturated carbocycles. The van der Waals surface area contributed by atoms with Crippen LogP contribution in [-0.2, 0) is 14.4 Å². The average molecular weight is 567 g/mol. The number of benzene rings is 2. The van der Waals surface area contributed by atoms with E-state index in [9.17, 15) is 14.4 Å². The molecule has 0 radical (unpaired) electrons. The average Bonchev–Trinajstić information content (AvgIpc) is 3.37. The molecule has 2 aromatic carbocycles. The zero-order valence-corrected chi connectivity index (χ0v) is 24.6. The summed E-state index contributed by atoms with van der Waals surface area (Å²) in [5.74, 6) is 0.888. The van der Waals surface area contributed by atoms with Crippen LogP contribution in [0.15, 0.2) is 53.1 Å². The number of aryl methyl sites for hydroxylation is 1. The van der Waals surface area contributed by atoms with Gasteiger partial charge in [-0.1, -0.05) is 24.2 Å². The lowest BCUT2D eigenvalue weighted by Crippen LogP contribution is -2.50. The number of hydrogen-bond acceptors (Lipinski definition) is 8. The third kappa shape index (κ3) is 8.00. The minimum Gasteiger partial charge on any atom is -0.497 e. The van der Waals surface area contributed by atoms with Gasteiger partial charge in [0.25, 0.3) is 0 Å². The Kier molecular flexibility index (Phi) is 10.3. The Balaban J connectivity index is 2.08. The summed E-state index contributed by atoms with van der Waals surface area (Å²) >= 11 is 0. The topological polar surface area (TPSA) is 132 Å². The van der Waals surface area contributed by atoms with Crippen molar-refractivity contribution in [2.24, 2.45) is 0 Å². The van der Waals surface area contributed by atoms with Crippen molar-refractivity contribution >= 4 is 29.2 Å². The highest BCUT2D eigenvalue weighted by atomic mass is 16.5. The van der Waals surface area contributed by atoms with Gasteiger partial charge in [-0.3, -0.25) is 19.3 Å². The molecule has 1 heterocycles. The standard InChI is InChI=1S/C30H38N4O7/c1-8-30(3,4)32-29(37)28(20-9-11-21(38-5)12-10-20)34(23-18-22(39-6)13-14-24(23)40-7)27(36)16-15-26(35)31-25-17-19(2)41-33-25/h9-14,17-18,28H,8,15-16H2,1-7H3,(H,32,37)(H,31,33,35)/t28-/m0/s1. The Morgan fingerprint density at radius 3 is 2.17 bits per heavy atom. The minimum absolute atomic E-state index is 0.162. The first-order valence-electron chi connectivity index (χ1n) is 13.2. The second kappa shape index (κ2) is 13.7. The second-order valence-electron chi connectivity index (χ2n) is 10.1. The van der Waals surface area contributed by atoms with Crippen LogP contribution in [0.2, 0.25) is 0 Å². The van der Waals surface area contributed by atoms with Gasteiger partial charge >= 0.3 is 0 Å². The van der Waals surface area contributed by atoms with E-state index in [4.69, 9.17) is 18.7 Å². The van der Waals surface area contributed by atoms with Crippen LogP contribution in [0.25, 0.3) is 0 Å². The van der Waals surface area contributed by atoms with Gasteiger partial charge in [0.2, 0.25) is 17.7 Å². The van der Waals surface area contributed by atoms with Crippen LogP contribution in [0.5, 0.6) is 17.2 Å². The number of ether oxygens (including phenoxy) is 3. The van der Waals surface area contributed by atoms with E-state index < -0.39 is 29.3 Å². The van der Waals surface area contributed by atoms with E-state index in [1.165, 1.54) is 19.1 Å². The van der Waals surface area contributed by atoms with Crippen LogP contribution < -0.4 is 29.7 Å². The Labute approximate surface area is 240 Å². The molecule has 11 nitrogen and oxygen atoms in total. The highest BCUT2D eigenvalue weighted by Gasteiger charge is 2.36. The van der Waals surface area contributed by atoms with Gasteiger partial charge in [-0.15, -0.1) is 0 Å². The molecule has 0 aliphatic carbocycles. The van der Waals surface area contributed by atoms with E-state index in [1.54, 1.807) is 62.6 Å². The molecule has 11 heteroatoms. The summed E-state index contributed by atoms with van der Waals surface area (Å²) in [6.07, 6.45) is 0.289. The molecule has 3 aromatic rings. The maximum Gasteiger partial charge on any atom is 0.248 e. The van der Waals surface area contributed by atoms with Crippen LogP contribution in [0.3, 0.4) is 0 Å². The van der Waals surface area contributed by atoms with Crippen LogP contribution in [-0.4, -0.2) is 49.7 Å². The van der Waals surface area contributed by atoms with Crippen molar-refractivity contribution < 1.29 is 33.1 Å². The molecule has 3 rings (SSSR count). The van der Waals surface area contributed by atoms with Gasteiger partial charge in [-0.2, -0.15) is 0 Å². The van der Waals surface area contributed by atoms with Crippen molar-refractivity contribution in [2.45, 2.75) is 58.5 Å². The molecule has 0 fully saturated rings. The molecule has 0 saturated heterocycles. The molecule has 2 N–H and O–H groups in total. The van der Waals surface area contributed by atoms with Gasteiger partial charge in [0.15, 0.2) is 5.82 Å². The largest absolute Gasteiger partial charge is 0.497 e. The van der Waals surface area contributed by atoms with E-state index in [1.807, 2.05) is 20.8 Å². The van der Waals surface area contributed by atoms with Crippen molar-refractivity contribution in [3.8, 4) is 17.2 Å². The molecular formula is C30H38N4O7. The summed E-state index contributed by atoms with van der Waals surface area (Å²) in [5.41, 5.74) is 0.301. The maximum absolute atomic E-state index is 14.1. The second-order valence-corrected chi connectivity index (χ2v) is 10.1. The zero-order chi connectivity index (χ0) is 30.2. The van der Waals surface area contributed by atoms with E-state index in [-0.39, 0.29) is 18.7 Å². The first-order chi connectivity index (χ1) is 19.5. The van der Waals surface area contributed by atoms with Gasteiger partial charge in [-0.25, -0.2) is 0 Å². The van der Waals surface area contributed by atoms with Crippen molar-refractivity contribution in [2.75, 3.05) is 31.5 Å². The predicted octanol–water partition coefficient (Wildman–Crippen LogP) is 4.81. The van der Waals surface area contributed by atoms with Crippen LogP contribution >= 0.6 is 0 Å². The number of amides is 3.